The maximum atomic E-state index is 12.6. The highest BCUT2D eigenvalue weighted by atomic mass is 35.5. The number of carbonyl (C=O) groups excluding carboxylic acids is 2. The summed E-state index contributed by atoms with van der Waals surface area (Å²) in [6.45, 7) is 5.49. The first-order valence-electron chi connectivity index (χ1n) is 8.54. The van der Waals surface area contributed by atoms with Gasteiger partial charge in [-0.05, 0) is 51.8 Å². The molecule has 0 bridgehead atoms. The minimum atomic E-state index is -1.30. The smallest absolute Gasteiger partial charge is 0.411 e. The zero-order valence-electron chi connectivity index (χ0n) is 15.9. The van der Waals surface area contributed by atoms with E-state index in [1.54, 1.807) is 32.9 Å². The van der Waals surface area contributed by atoms with Crippen LogP contribution in [0.1, 0.15) is 39.2 Å². The van der Waals surface area contributed by atoms with Crippen LogP contribution in [0, 0.1) is 11.3 Å². The Balaban J connectivity index is 2.27. The van der Waals surface area contributed by atoms with Crippen molar-refractivity contribution in [1.82, 2.24) is 4.90 Å². The lowest BCUT2D eigenvalue weighted by Crippen LogP contribution is -2.58. The maximum Gasteiger partial charge on any atom is 0.411 e. The van der Waals surface area contributed by atoms with Gasteiger partial charge >= 0.3 is 12.1 Å². The second-order valence-electron chi connectivity index (χ2n) is 7.30. The van der Waals surface area contributed by atoms with Gasteiger partial charge in [0.1, 0.15) is 18.0 Å². The van der Waals surface area contributed by atoms with Crippen molar-refractivity contribution >= 4 is 23.7 Å². The molecule has 8 heteroatoms. The number of amides is 1. The molecule has 0 aliphatic carbocycles. The van der Waals surface area contributed by atoms with Gasteiger partial charge in [0.15, 0.2) is 5.54 Å². The first kappa shape index (κ1) is 20.8. The third kappa shape index (κ3) is 4.64. The van der Waals surface area contributed by atoms with Gasteiger partial charge in [-0.3, -0.25) is 4.90 Å². The van der Waals surface area contributed by atoms with Gasteiger partial charge in [0.2, 0.25) is 0 Å². The van der Waals surface area contributed by atoms with Gasteiger partial charge in [-0.1, -0.05) is 11.6 Å². The Morgan fingerprint density at radius 3 is 2.63 bits per heavy atom. The molecule has 2 rings (SSSR count). The van der Waals surface area contributed by atoms with Crippen LogP contribution in [-0.2, 0) is 14.3 Å². The monoisotopic (exact) mass is 394 g/mol. The second-order valence-corrected chi connectivity index (χ2v) is 7.71. The van der Waals surface area contributed by atoms with Gasteiger partial charge in [0, 0.05) is 6.54 Å². The predicted molar refractivity (Wildman–Crippen MR) is 98.6 cm³/mol. The number of benzene rings is 1. The summed E-state index contributed by atoms with van der Waals surface area (Å²) >= 11 is 6.14. The number of carbonyl (C=O) groups is 2. The number of likely N-dealkylation sites (tertiary alicyclic amines) is 1. The van der Waals surface area contributed by atoms with E-state index in [-0.39, 0.29) is 11.6 Å². The van der Waals surface area contributed by atoms with Crippen molar-refractivity contribution in [3.63, 3.8) is 0 Å². The third-order valence-corrected chi connectivity index (χ3v) is 4.49. The van der Waals surface area contributed by atoms with Crippen LogP contribution in [0.2, 0.25) is 5.02 Å². The summed E-state index contributed by atoms with van der Waals surface area (Å²) in [6.07, 6.45) is 0.394. The standard InChI is InChI=1S/C19H23ClN2O5/c1-18(2,3)27-17(24)22-9-5-8-19(22,16(23)25-4)12-26-15-7-6-13(11-21)10-14(15)20/h6-7,10H,5,8-9,12H2,1-4H3. The van der Waals surface area contributed by atoms with Crippen LogP contribution in [0.25, 0.3) is 0 Å². The Morgan fingerprint density at radius 1 is 1.37 bits per heavy atom. The van der Waals surface area contributed by atoms with E-state index in [0.29, 0.717) is 30.7 Å². The topological polar surface area (TPSA) is 88.9 Å². The molecule has 1 aliphatic rings. The van der Waals surface area contributed by atoms with Gasteiger partial charge in [-0.2, -0.15) is 5.26 Å². The lowest BCUT2D eigenvalue weighted by Gasteiger charge is -2.36. The number of esters is 1. The van der Waals surface area contributed by atoms with Gasteiger partial charge in [-0.25, -0.2) is 9.59 Å². The summed E-state index contributed by atoms with van der Waals surface area (Å²) in [5, 5.41) is 9.17. The zero-order chi connectivity index (χ0) is 20.2. The summed E-state index contributed by atoms with van der Waals surface area (Å²) in [4.78, 5) is 26.6. The summed E-state index contributed by atoms with van der Waals surface area (Å²) in [5.74, 6) is -0.259. The molecule has 27 heavy (non-hydrogen) atoms. The molecule has 0 radical (unpaired) electrons. The molecular weight excluding hydrogens is 372 g/mol. The molecule has 1 fully saturated rings. The molecule has 1 atom stereocenters. The van der Waals surface area contributed by atoms with Crippen molar-refractivity contribution in [2.24, 2.45) is 0 Å². The SMILES string of the molecule is COC(=O)C1(COc2ccc(C#N)cc2Cl)CCCN1C(=O)OC(C)(C)C. The fourth-order valence-corrected chi connectivity index (χ4v) is 3.19. The minimum Gasteiger partial charge on any atom is -0.489 e. The van der Waals surface area contributed by atoms with E-state index >= 15 is 0 Å². The third-order valence-electron chi connectivity index (χ3n) is 4.20. The van der Waals surface area contributed by atoms with Crippen LogP contribution in [0.5, 0.6) is 5.75 Å². The van der Waals surface area contributed by atoms with Crippen molar-refractivity contribution in [2.75, 3.05) is 20.3 Å². The molecule has 1 heterocycles. The van der Waals surface area contributed by atoms with E-state index < -0.39 is 23.2 Å². The number of halogens is 1. The van der Waals surface area contributed by atoms with Crippen molar-refractivity contribution in [1.29, 1.82) is 5.26 Å². The molecule has 1 amide bonds. The normalized spacial score (nSPS) is 19.3. The number of methoxy groups -OCH3 is 1. The average Bonchev–Trinajstić information content (AvgIpc) is 3.03. The molecule has 0 N–H and O–H groups in total. The number of rotatable bonds is 4. The number of nitriles is 1. The van der Waals surface area contributed by atoms with E-state index in [4.69, 9.17) is 31.1 Å². The molecule has 0 aromatic heterocycles. The summed E-state index contributed by atoms with van der Waals surface area (Å²) in [5.41, 5.74) is -1.60. The summed E-state index contributed by atoms with van der Waals surface area (Å²) < 4.78 is 16.2. The molecule has 0 spiro atoms. The van der Waals surface area contributed by atoms with Crippen LogP contribution in [0.3, 0.4) is 0 Å². The van der Waals surface area contributed by atoms with Crippen LogP contribution in [-0.4, -0.2) is 48.4 Å². The van der Waals surface area contributed by atoms with Gasteiger partial charge in [0.25, 0.3) is 0 Å². The lowest BCUT2D eigenvalue weighted by molar-refractivity contribution is -0.155. The average molecular weight is 395 g/mol. The van der Waals surface area contributed by atoms with Crippen molar-refractivity contribution in [3.8, 4) is 11.8 Å². The number of hydrogen-bond donors (Lipinski definition) is 0. The molecule has 146 valence electrons. The van der Waals surface area contributed by atoms with Gasteiger partial charge < -0.3 is 14.2 Å². The first-order chi connectivity index (χ1) is 12.6. The summed E-state index contributed by atoms with van der Waals surface area (Å²) in [7, 11) is 1.27. The fourth-order valence-electron chi connectivity index (χ4n) is 2.96. The van der Waals surface area contributed by atoms with Crippen molar-refractivity contribution < 1.29 is 23.8 Å². The largest absolute Gasteiger partial charge is 0.489 e. The molecule has 1 aromatic carbocycles. The first-order valence-corrected chi connectivity index (χ1v) is 8.92. The lowest BCUT2D eigenvalue weighted by atomic mass is 9.97. The quantitative estimate of drug-likeness (QED) is 0.726. The second kappa shape index (κ2) is 8.05. The van der Waals surface area contributed by atoms with Crippen LogP contribution >= 0.6 is 11.6 Å². The van der Waals surface area contributed by atoms with Crippen LogP contribution in [0.4, 0.5) is 4.79 Å². The Kier molecular flexibility index (Phi) is 6.22. The van der Waals surface area contributed by atoms with Crippen molar-refractivity contribution in [2.45, 2.75) is 44.8 Å². The summed E-state index contributed by atoms with van der Waals surface area (Å²) in [6, 6.07) is 6.58. The maximum absolute atomic E-state index is 12.6. The molecule has 7 nitrogen and oxygen atoms in total. The Morgan fingerprint density at radius 2 is 2.07 bits per heavy atom. The fraction of sp³-hybridized carbons (Fsp3) is 0.526. The van der Waals surface area contributed by atoms with Gasteiger partial charge in [0.05, 0.1) is 23.8 Å². The molecular formula is C19H23ClN2O5. The Labute approximate surface area is 163 Å². The molecule has 1 aromatic rings. The highest BCUT2D eigenvalue weighted by Crippen LogP contribution is 2.34. The molecule has 0 saturated carbocycles. The number of hydrogen-bond acceptors (Lipinski definition) is 6. The van der Waals surface area contributed by atoms with Crippen LogP contribution < -0.4 is 4.74 Å². The van der Waals surface area contributed by atoms with E-state index in [0.717, 1.165) is 0 Å². The van der Waals surface area contributed by atoms with E-state index in [1.165, 1.54) is 18.1 Å². The minimum absolute atomic E-state index is 0.134. The zero-order valence-corrected chi connectivity index (χ0v) is 16.6. The Hall–Kier alpha value is -2.46. The van der Waals surface area contributed by atoms with Crippen molar-refractivity contribution in [3.05, 3.63) is 28.8 Å². The molecule has 1 aliphatic heterocycles. The number of ether oxygens (including phenoxy) is 3. The predicted octanol–water partition coefficient (Wildman–Crippen LogP) is 3.53. The highest BCUT2D eigenvalue weighted by molar-refractivity contribution is 6.32. The van der Waals surface area contributed by atoms with E-state index in [1.807, 2.05) is 6.07 Å². The van der Waals surface area contributed by atoms with Gasteiger partial charge in [-0.15, -0.1) is 0 Å². The number of nitrogens with zero attached hydrogens (tertiary/aromatic N) is 2. The molecule has 1 saturated heterocycles. The van der Waals surface area contributed by atoms with E-state index in [2.05, 4.69) is 0 Å². The molecule has 1 unspecified atom stereocenters. The Bertz CT molecular complexity index is 768. The van der Waals surface area contributed by atoms with E-state index in [9.17, 15) is 9.59 Å². The van der Waals surface area contributed by atoms with Crippen LogP contribution in [0.15, 0.2) is 18.2 Å². The highest BCUT2D eigenvalue weighted by Gasteiger charge is 2.53.